The molecule has 1 aliphatic rings. The summed E-state index contributed by atoms with van der Waals surface area (Å²) >= 11 is 6.14. The molecule has 8 nitrogen and oxygen atoms in total. The highest BCUT2D eigenvalue weighted by Crippen LogP contribution is 2.28. The van der Waals surface area contributed by atoms with E-state index in [-0.39, 0.29) is 41.7 Å². The number of rotatable bonds is 8. The summed E-state index contributed by atoms with van der Waals surface area (Å²) < 4.78 is 24.6. The lowest BCUT2D eigenvalue weighted by Crippen LogP contribution is -2.36. The first kappa shape index (κ1) is 22.6. The van der Waals surface area contributed by atoms with Crippen molar-refractivity contribution in [2.24, 2.45) is 0 Å². The molecule has 0 radical (unpaired) electrons. The van der Waals surface area contributed by atoms with Gasteiger partial charge in [-0.3, -0.25) is 9.59 Å². The number of esters is 1. The minimum absolute atomic E-state index is 0.0223. The Bertz CT molecular complexity index is 830. The molecule has 1 atom stereocenters. The molecule has 10 heteroatoms. The first-order valence-electron chi connectivity index (χ1n) is 9.20. The maximum absolute atomic E-state index is 14.7. The molecule has 1 aliphatic heterocycles. The summed E-state index contributed by atoms with van der Waals surface area (Å²) in [5.74, 6) is -2.70. The molecule has 0 aliphatic carbocycles. The number of nitrogens with zero attached hydrogens (tertiary/aromatic N) is 2. The quantitative estimate of drug-likeness (QED) is 0.129. The summed E-state index contributed by atoms with van der Waals surface area (Å²) in [4.78, 5) is 41.7. The van der Waals surface area contributed by atoms with Gasteiger partial charge in [0.05, 0.1) is 18.8 Å². The highest BCUT2D eigenvalue weighted by molar-refractivity contribution is 6.36. The van der Waals surface area contributed by atoms with Crippen molar-refractivity contribution in [3.8, 4) is 0 Å². The number of halogens is 2. The van der Waals surface area contributed by atoms with Crippen molar-refractivity contribution in [3.63, 3.8) is 0 Å². The molecule has 0 aromatic carbocycles. The van der Waals surface area contributed by atoms with Gasteiger partial charge >= 0.3 is 5.97 Å². The van der Waals surface area contributed by atoms with Crippen LogP contribution in [0.1, 0.15) is 37.6 Å². The molecular formula is C19H23ClFN3O5. The average Bonchev–Trinajstić information content (AvgIpc) is 3.11. The van der Waals surface area contributed by atoms with Crippen molar-refractivity contribution >= 4 is 35.1 Å². The van der Waals surface area contributed by atoms with Crippen LogP contribution >= 0.6 is 11.6 Å². The van der Waals surface area contributed by atoms with E-state index in [0.29, 0.717) is 19.5 Å². The molecule has 1 N–H and O–H groups in total. The summed E-state index contributed by atoms with van der Waals surface area (Å²) in [5, 5.41) is 2.52. The van der Waals surface area contributed by atoms with Crippen LogP contribution in [0.5, 0.6) is 0 Å². The number of hydrogen-bond acceptors (Lipinski definition) is 7. The van der Waals surface area contributed by atoms with Gasteiger partial charge in [-0.05, 0) is 26.3 Å². The van der Waals surface area contributed by atoms with E-state index in [2.05, 4.69) is 10.3 Å². The Hall–Kier alpha value is -2.68. The molecule has 0 bridgehead atoms. The zero-order chi connectivity index (χ0) is 21.6. The lowest BCUT2D eigenvalue weighted by atomic mass is 10.1. The van der Waals surface area contributed by atoms with Gasteiger partial charge in [0.2, 0.25) is 11.7 Å². The van der Waals surface area contributed by atoms with Gasteiger partial charge in [-0.15, -0.1) is 0 Å². The maximum atomic E-state index is 14.7. The first-order chi connectivity index (χ1) is 13.8. The van der Waals surface area contributed by atoms with Gasteiger partial charge < -0.3 is 19.7 Å². The van der Waals surface area contributed by atoms with Crippen LogP contribution in [0.4, 0.5) is 10.2 Å². The van der Waals surface area contributed by atoms with Crippen molar-refractivity contribution in [2.45, 2.75) is 33.2 Å². The lowest BCUT2D eigenvalue weighted by molar-refractivity contribution is -0.138. The topological polar surface area (TPSA) is 97.8 Å². The number of Topliss-reactive ketones (excluding diaryl/α,β-unsaturated/α-hetero) is 1. The summed E-state index contributed by atoms with van der Waals surface area (Å²) in [6.07, 6.45) is 1.60. The minimum Gasteiger partial charge on any atom is -0.500 e. The van der Waals surface area contributed by atoms with Crippen LogP contribution in [0.2, 0.25) is 5.15 Å². The fraction of sp³-hybridized carbons (Fsp3) is 0.474. The number of aromatic nitrogens is 1. The third-order valence-electron chi connectivity index (χ3n) is 4.16. The average molecular weight is 428 g/mol. The van der Waals surface area contributed by atoms with Gasteiger partial charge in [-0.25, -0.2) is 14.2 Å². The fourth-order valence-corrected chi connectivity index (χ4v) is 3.13. The normalized spacial score (nSPS) is 16.5. The number of carbonyl (C=O) groups excluding carboxylic acids is 3. The largest absolute Gasteiger partial charge is 0.500 e. The molecule has 2 heterocycles. The van der Waals surface area contributed by atoms with Crippen LogP contribution in [0, 0.1) is 5.82 Å². The first-order valence-corrected chi connectivity index (χ1v) is 9.57. The van der Waals surface area contributed by atoms with Gasteiger partial charge in [0.25, 0.3) is 0 Å². The second-order valence-corrected chi connectivity index (χ2v) is 6.66. The third-order valence-corrected chi connectivity index (χ3v) is 4.45. The van der Waals surface area contributed by atoms with Gasteiger partial charge in [0.1, 0.15) is 17.0 Å². The van der Waals surface area contributed by atoms with E-state index in [0.717, 1.165) is 12.3 Å². The molecule has 1 unspecified atom stereocenters. The fourth-order valence-electron chi connectivity index (χ4n) is 2.91. The van der Waals surface area contributed by atoms with Crippen LogP contribution in [0.15, 0.2) is 17.9 Å². The summed E-state index contributed by atoms with van der Waals surface area (Å²) in [5.41, 5.74) is -0.680. The molecule has 29 heavy (non-hydrogen) atoms. The van der Waals surface area contributed by atoms with Crippen LogP contribution in [0.3, 0.4) is 0 Å². The SMILES string of the molecule is CCO/C=C(\C(=O)OCC)C(=O)c1cc(F)c(N2CCC(NC(C)=O)C2)nc1Cl. The van der Waals surface area contributed by atoms with E-state index in [4.69, 9.17) is 21.1 Å². The zero-order valence-electron chi connectivity index (χ0n) is 16.5. The van der Waals surface area contributed by atoms with E-state index in [1.807, 2.05) is 0 Å². The summed E-state index contributed by atoms with van der Waals surface area (Å²) in [7, 11) is 0. The number of ketones is 1. The minimum atomic E-state index is -0.899. The van der Waals surface area contributed by atoms with Crippen LogP contribution < -0.4 is 10.2 Å². The third kappa shape index (κ3) is 5.66. The van der Waals surface area contributed by atoms with Gasteiger partial charge in [-0.1, -0.05) is 11.6 Å². The van der Waals surface area contributed by atoms with Crippen molar-refractivity contribution in [3.05, 3.63) is 34.4 Å². The molecule has 1 aromatic heterocycles. The Balaban J connectivity index is 2.29. The van der Waals surface area contributed by atoms with E-state index < -0.39 is 23.1 Å². The summed E-state index contributed by atoms with van der Waals surface area (Å²) in [6, 6.07) is 0.816. The van der Waals surface area contributed by atoms with E-state index >= 15 is 0 Å². The number of amides is 1. The van der Waals surface area contributed by atoms with Crippen LogP contribution in [0.25, 0.3) is 0 Å². The molecule has 2 rings (SSSR count). The second-order valence-electron chi connectivity index (χ2n) is 6.30. The highest BCUT2D eigenvalue weighted by atomic mass is 35.5. The van der Waals surface area contributed by atoms with Crippen molar-refractivity contribution < 1.29 is 28.2 Å². The molecular weight excluding hydrogens is 405 g/mol. The molecule has 0 saturated carbocycles. The number of nitrogens with one attached hydrogen (secondary N) is 1. The Kier molecular flexibility index (Phi) is 7.95. The van der Waals surface area contributed by atoms with Crippen molar-refractivity contribution in [1.82, 2.24) is 10.3 Å². The molecule has 1 aromatic rings. The number of carbonyl (C=O) groups is 3. The van der Waals surface area contributed by atoms with Gasteiger partial charge in [0.15, 0.2) is 11.6 Å². The monoisotopic (exact) mass is 427 g/mol. The lowest BCUT2D eigenvalue weighted by Gasteiger charge is -2.19. The van der Waals surface area contributed by atoms with Crippen molar-refractivity contribution in [2.75, 3.05) is 31.2 Å². The molecule has 1 amide bonds. The summed E-state index contributed by atoms with van der Waals surface area (Å²) in [6.45, 7) is 5.79. The van der Waals surface area contributed by atoms with E-state index in [9.17, 15) is 18.8 Å². The van der Waals surface area contributed by atoms with Crippen LogP contribution in [-0.4, -0.2) is 55.0 Å². The molecule has 158 valence electrons. The van der Waals surface area contributed by atoms with Crippen molar-refractivity contribution in [1.29, 1.82) is 0 Å². The zero-order valence-corrected chi connectivity index (χ0v) is 17.2. The molecule has 1 saturated heterocycles. The smallest absolute Gasteiger partial charge is 0.345 e. The molecule has 0 spiro atoms. The maximum Gasteiger partial charge on any atom is 0.345 e. The van der Waals surface area contributed by atoms with Gasteiger partial charge in [-0.2, -0.15) is 0 Å². The van der Waals surface area contributed by atoms with E-state index in [1.54, 1.807) is 18.7 Å². The predicted octanol–water partition coefficient (Wildman–Crippen LogP) is 2.26. The van der Waals surface area contributed by atoms with Crippen LogP contribution in [-0.2, 0) is 19.1 Å². The number of anilines is 1. The predicted molar refractivity (Wildman–Crippen MR) is 104 cm³/mol. The Morgan fingerprint density at radius 1 is 1.38 bits per heavy atom. The second kappa shape index (κ2) is 10.2. The number of hydrogen-bond donors (Lipinski definition) is 1. The Morgan fingerprint density at radius 2 is 2.10 bits per heavy atom. The standard InChI is InChI=1S/C19H23ClFN3O5/c1-4-28-10-14(19(27)29-5-2)16(26)13-8-15(21)18(23-17(13)20)24-7-6-12(9-24)22-11(3)25/h8,10,12H,4-7,9H2,1-3H3,(H,22,25)/b14-10-. The Morgan fingerprint density at radius 3 is 2.72 bits per heavy atom. The number of pyridine rings is 1. The van der Waals surface area contributed by atoms with Gasteiger partial charge in [0, 0.05) is 26.1 Å². The van der Waals surface area contributed by atoms with E-state index in [1.165, 1.54) is 6.92 Å². The highest BCUT2D eigenvalue weighted by Gasteiger charge is 2.30. The number of ether oxygens (including phenoxy) is 2. The molecule has 1 fully saturated rings. The Labute approximate surface area is 173 Å².